The third-order valence-electron chi connectivity index (χ3n) is 3.43. The van der Waals surface area contributed by atoms with Gasteiger partial charge in [-0.05, 0) is 47.2 Å². The van der Waals surface area contributed by atoms with E-state index in [0.717, 1.165) is 28.7 Å². The molecule has 0 radical (unpaired) electrons. The normalized spacial score (nSPS) is 12.6. The highest BCUT2D eigenvalue weighted by atomic mass is 32.2. The van der Waals surface area contributed by atoms with E-state index in [1.54, 1.807) is 17.8 Å². The van der Waals surface area contributed by atoms with Gasteiger partial charge in [-0.2, -0.15) is 13.2 Å². The molecule has 0 fully saturated rings. The van der Waals surface area contributed by atoms with Crippen LogP contribution in [0.5, 0.6) is 0 Å². The van der Waals surface area contributed by atoms with Crippen molar-refractivity contribution in [2.24, 2.45) is 0 Å². The molecule has 0 amide bonds. The van der Waals surface area contributed by atoms with E-state index in [1.165, 1.54) is 18.2 Å². The Morgan fingerprint density at radius 1 is 1.00 bits per heavy atom. The van der Waals surface area contributed by atoms with Gasteiger partial charge in [0.2, 0.25) is 0 Å². The number of carboxylic acid groups (broad SMARTS) is 1. The zero-order valence-electron chi connectivity index (χ0n) is 13.2. The number of allylic oxidation sites excluding steroid dienone is 2. The largest absolute Gasteiger partial charge is 0.478 e. The highest BCUT2D eigenvalue weighted by Gasteiger charge is 2.30. The van der Waals surface area contributed by atoms with Crippen molar-refractivity contribution in [1.82, 2.24) is 0 Å². The van der Waals surface area contributed by atoms with Crippen LogP contribution in [0.4, 0.5) is 13.2 Å². The summed E-state index contributed by atoms with van der Waals surface area (Å²) in [5.74, 6) is -1.10. The number of hydrogen-bond donors (Lipinski definition) is 1. The van der Waals surface area contributed by atoms with Crippen LogP contribution in [0.25, 0.3) is 5.57 Å². The van der Waals surface area contributed by atoms with Crippen LogP contribution in [0, 0.1) is 0 Å². The van der Waals surface area contributed by atoms with Gasteiger partial charge in [0.15, 0.2) is 0 Å². The third-order valence-corrected chi connectivity index (χ3v) is 4.17. The van der Waals surface area contributed by atoms with Gasteiger partial charge in [-0.25, -0.2) is 4.79 Å². The summed E-state index contributed by atoms with van der Waals surface area (Å²) in [6, 6.07) is 12.3. The lowest BCUT2D eigenvalue weighted by Gasteiger charge is -2.11. The molecule has 0 spiro atoms. The van der Waals surface area contributed by atoms with Crippen molar-refractivity contribution in [3.05, 3.63) is 83.4 Å². The van der Waals surface area contributed by atoms with Crippen LogP contribution in [0.1, 0.15) is 16.7 Å². The monoisotopic (exact) mass is 364 g/mol. The minimum absolute atomic E-state index is 0.569. The van der Waals surface area contributed by atoms with Crippen molar-refractivity contribution in [3.63, 3.8) is 0 Å². The van der Waals surface area contributed by atoms with Crippen molar-refractivity contribution in [1.29, 1.82) is 0 Å². The van der Waals surface area contributed by atoms with E-state index in [0.29, 0.717) is 11.1 Å². The smallest absolute Gasteiger partial charge is 0.416 e. The molecule has 25 heavy (non-hydrogen) atoms. The van der Waals surface area contributed by atoms with Crippen LogP contribution in [0.15, 0.2) is 71.7 Å². The SMILES string of the molecule is CSc1ccc(/C(=C\C=C\C(=O)O)c2ccc(C(F)(F)F)cc2)cc1. The zero-order valence-corrected chi connectivity index (χ0v) is 14.1. The highest BCUT2D eigenvalue weighted by molar-refractivity contribution is 7.98. The van der Waals surface area contributed by atoms with Gasteiger partial charge in [0.05, 0.1) is 5.56 Å². The molecule has 0 saturated carbocycles. The predicted octanol–water partition coefficient (Wildman–Crippen LogP) is 5.50. The summed E-state index contributed by atoms with van der Waals surface area (Å²) in [5.41, 5.74) is 1.26. The molecule has 0 aromatic heterocycles. The van der Waals surface area contributed by atoms with Gasteiger partial charge in [0.25, 0.3) is 0 Å². The van der Waals surface area contributed by atoms with Gasteiger partial charge in [0, 0.05) is 11.0 Å². The number of carbonyl (C=O) groups is 1. The summed E-state index contributed by atoms with van der Waals surface area (Å²) in [7, 11) is 0. The molecule has 0 aliphatic heterocycles. The second-order valence-electron chi connectivity index (χ2n) is 5.08. The molecule has 0 heterocycles. The molecule has 1 N–H and O–H groups in total. The summed E-state index contributed by atoms with van der Waals surface area (Å²) in [5, 5.41) is 8.72. The Morgan fingerprint density at radius 2 is 1.52 bits per heavy atom. The van der Waals surface area contributed by atoms with E-state index >= 15 is 0 Å². The quantitative estimate of drug-likeness (QED) is 0.432. The summed E-state index contributed by atoms with van der Waals surface area (Å²) in [6.45, 7) is 0. The molecule has 0 aliphatic rings. The van der Waals surface area contributed by atoms with Crippen LogP contribution in [0.3, 0.4) is 0 Å². The maximum atomic E-state index is 12.7. The molecular formula is C19H15F3O2S. The Labute approximate surface area is 147 Å². The summed E-state index contributed by atoms with van der Waals surface area (Å²) in [6.07, 6.45) is 1.45. The Morgan fingerprint density at radius 3 is 1.96 bits per heavy atom. The van der Waals surface area contributed by atoms with Crippen molar-refractivity contribution in [2.75, 3.05) is 6.26 Å². The van der Waals surface area contributed by atoms with Crippen molar-refractivity contribution in [3.8, 4) is 0 Å². The Balaban J connectivity index is 2.45. The van der Waals surface area contributed by atoms with Crippen LogP contribution >= 0.6 is 11.8 Å². The number of hydrogen-bond acceptors (Lipinski definition) is 2. The molecule has 130 valence electrons. The Hall–Kier alpha value is -2.47. The molecule has 0 atom stereocenters. The zero-order chi connectivity index (χ0) is 18.4. The third kappa shape index (κ3) is 5.26. The number of carboxylic acids is 1. The molecule has 2 aromatic carbocycles. The average molecular weight is 364 g/mol. The minimum atomic E-state index is -4.40. The van der Waals surface area contributed by atoms with Gasteiger partial charge < -0.3 is 5.11 Å². The fourth-order valence-corrected chi connectivity index (χ4v) is 2.60. The van der Waals surface area contributed by atoms with Crippen molar-refractivity contribution >= 4 is 23.3 Å². The first-order valence-corrected chi connectivity index (χ1v) is 8.47. The molecule has 0 aliphatic carbocycles. The first-order valence-electron chi connectivity index (χ1n) is 7.24. The Kier molecular flexibility index (Phi) is 6.09. The van der Waals surface area contributed by atoms with E-state index in [1.807, 2.05) is 30.5 Å². The molecule has 6 heteroatoms. The molecule has 2 aromatic rings. The van der Waals surface area contributed by atoms with E-state index in [4.69, 9.17) is 5.11 Å². The maximum Gasteiger partial charge on any atom is 0.416 e. The molecule has 0 unspecified atom stereocenters. The predicted molar refractivity (Wildman–Crippen MR) is 93.5 cm³/mol. The average Bonchev–Trinajstić information content (AvgIpc) is 2.58. The van der Waals surface area contributed by atoms with E-state index in [2.05, 4.69) is 0 Å². The van der Waals surface area contributed by atoms with Crippen LogP contribution in [-0.4, -0.2) is 17.3 Å². The van der Waals surface area contributed by atoms with Crippen LogP contribution in [-0.2, 0) is 11.0 Å². The number of rotatable bonds is 5. The second kappa shape index (κ2) is 8.07. The van der Waals surface area contributed by atoms with Gasteiger partial charge in [-0.3, -0.25) is 0 Å². The fraction of sp³-hybridized carbons (Fsp3) is 0.105. The highest BCUT2D eigenvalue weighted by Crippen LogP contribution is 2.31. The van der Waals surface area contributed by atoms with E-state index in [-0.39, 0.29) is 0 Å². The summed E-state index contributed by atoms with van der Waals surface area (Å²) >= 11 is 1.58. The van der Waals surface area contributed by atoms with Gasteiger partial charge in [0.1, 0.15) is 0 Å². The maximum absolute atomic E-state index is 12.7. The van der Waals surface area contributed by atoms with E-state index in [9.17, 15) is 18.0 Å². The number of aliphatic carboxylic acids is 1. The number of halogens is 3. The Bertz CT molecular complexity index is 789. The van der Waals surface area contributed by atoms with Crippen molar-refractivity contribution < 1.29 is 23.1 Å². The summed E-state index contributed by atoms with van der Waals surface area (Å²) in [4.78, 5) is 11.7. The lowest BCUT2D eigenvalue weighted by atomic mass is 9.96. The second-order valence-corrected chi connectivity index (χ2v) is 5.96. The summed E-state index contributed by atoms with van der Waals surface area (Å²) < 4.78 is 38.2. The lowest BCUT2D eigenvalue weighted by Crippen LogP contribution is -2.04. The molecule has 2 rings (SSSR count). The van der Waals surface area contributed by atoms with E-state index < -0.39 is 17.7 Å². The van der Waals surface area contributed by atoms with Crippen LogP contribution in [0.2, 0.25) is 0 Å². The van der Waals surface area contributed by atoms with Crippen LogP contribution < -0.4 is 0 Å². The van der Waals surface area contributed by atoms with Gasteiger partial charge in [-0.1, -0.05) is 36.4 Å². The van der Waals surface area contributed by atoms with Gasteiger partial charge >= 0.3 is 12.1 Å². The van der Waals surface area contributed by atoms with Gasteiger partial charge in [-0.15, -0.1) is 11.8 Å². The molecular weight excluding hydrogens is 349 g/mol. The fourth-order valence-electron chi connectivity index (χ4n) is 2.20. The standard InChI is InChI=1S/C19H15F3O2S/c1-25-16-11-7-14(8-12-16)17(3-2-4-18(23)24)13-5-9-15(10-6-13)19(20,21)22/h2-12H,1H3,(H,23,24)/b4-2+,17-3-. The lowest BCUT2D eigenvalue weighted by molar-refractivity contribution is -0.137. The topological polar surface area (TPSA) is 37.3 Å². The number of benzene rings is 2. The number of thioether (sulfide) groups is 1. The number of alkyl halides is 3. The molecule has 2 nitrogen and oxygen atoms in total. The molecule has 0 bridgehead atoms. The first kappa shape index (κ1) is 18.9. The minimum Gasteiger partial charge on any atom is -0.478 e. The molecule has 0 saturated heterocycles. The first-order chi connectivity index (χ1) is 11.8. The van der Waals surface area contributed by atoms with Crippen molar-refractivity contribution in [2.45, 2.75) is 11.1 Å².